The summed E-state index contributed by atoms with van der Waals surface area (Å²) in [5.74, 6) is -1.69. The molecule has 3 aromatic carbocycles. The zero-order valence-corrected chi connectivity index (χ0v) is 28.2. The third-order valence-electron chi connectivity index (χ3n) is 7.60. The highest BCUT2D eigenvalue weighted by Crippen LogP contribution is 2.36. The van der Waals surface area contributed by atoms with E-state index in [1.54, 1.807) is 43.4 Å². The Balaban J connectivity index is 1.20. The highest BCUT2D eigenvalue weighted by atomic mass is 32.2. The fraction of sp³-hybridized carbons (Fsp3) is 0.257. The first-order valence-corrected chi connectivity index (χ1v) is 16.7. The van der Waals surface area contributed by atoms with Gasteiger partial charge in [0.25, 0.3) is 0 Å². The van der Waals surface area contributed by atoms with E-state index in [4.69, 9.17) is 16.2 Å². The summed E-state index contributed by atoms with van der Waals surface area (Å²) in [4.78, 5) is 50.2. The average Bonchev–Trinajstić information content (AvgIpc) is 3.37. The van der Waals surface area contributed by atoms with E-state index in [0.717, 1.165) is 22.9 Å². The molecular formula is C35H41N7O7S. The van der Waals surface area contributed by atoms with Crippen LogP contribution in [0, 0.1) is 0 Å². The van der Waals surface area contributed by atoms with Crippen LogP contribution in [0.2, 0.25) is 0 Å². The van der Waals surface area contributed by atoms with Crippen LogP contribution in [-0.4, -0.2) is 76.1 Å². The number of hydrogen-bond acceptors (Lipinski definition) is 10. The molecule has 3 atom stereocenters. The monoisotopic (exact) mass is 703 g/mol. The quantitative estimate of drug-likeness (QED) is 0.0750. The van der Waals surface area contributed by atoms with Gasteiger partial charge < -0.3 is 47.7 Å². The van der Waals surface area contributed by atoms with Crippen molar-refractivity contribution in [3.05, 3.63) is 102 Å². The lowest BCUT2D eigenvalue weighted by molar-refractivity contribution is -0.128. The molecule has 0 saturated carbocycles. The first-order valence-electron chi connectivity index (χ1n) is 15.7. The number of carbonyl (C=O) groups is 4. The van der Waals surface area contributed by atoms with Gasteiger partial charge >= 0.3 is 6.09 Å². The number of thioether (sulfide) groups is 1. The molecule has 1 heterocycles. The number of amides is 4. The number of primary amides is 1. The minimum Gasteiger partial charge on any atom is -0.494 e. The Hall–Kier alpha value is -5.51. The summed E-state index contributed by atoms with van der Waals surface area (Å²) < 4.78 is 6.64. The predicted octanol–water partition coefficient (Wildman–Crippen LogP) is 2.29. The molecule has 0 saturated heterocycles. The second-order valence-corrected chi connectivity index (χ2v) is 12.4. The number of anilines is 1. The van der Waals surface area contributed by atoms with Gasteiger partial charge in [0.2, 0.25) is 23.6 Å². The summed E-state index contributed by atoms with van der Waals surface area (Å²) in [6.45, 7) is 0.304. The standard InChI is InChI=1S/C35H41N7O7S/c1-38-27(33(46)41-28(31(37)44)21-50-29-19-30(43)42(34(29)47)20-23-8-4-2-5-9-23)16-17-39-35(48)49-25-14-12-22(13-15-25)18-26(36)32(45)40-24-10-6-3-7-11-24/h2-15,19,26-28,38,43,47H,16-18,20-21,36H2,1H3,(H2,37,44)(H,39,48)(H,40,45)(H,41,46). The zero-order chi connectivity index (χ0) is 36.0. The van der Waals surface area contributed by atoms with Crippen LogP contribution in [0.1, 0.15) is 17.5 Å². The van der Waals surface area contributed by atoms with Crippen LogP contribution in [0.5, 0.6) is 17.5 Å². The van der Waals surface area contributed by atoms with Crippen molar-refractivity contribution in [2.75, 3.05) is 24.7 Å². The molecule has 4 rings (SSSR count). The fourth-order valence-corrected chi connectivity index (χ4v) is 5.86. The van der Waals surface area contributed by atoms with E-state index in [0.29, 0.717) is 10.6 Å². The molecule has 50 heavy (non-hydrogen) atoms. The lowest BCUT2D eigenvalue weighted by atomic mass is 10.1. The van der Waals surface area contributed by atoms with Crippen molar-refractivity contribution in [1.29, 1.82) is 0 Å². The summed E-state index contributed by atoms with van der Waals surface area (Å²) in [5, 5.41) is 31.8. The van der Waals surface area contributed by atoms with Crippen molar-refractivity contribution in [3.8, 4) is 17.5 Å². The van der Waals surface area contributed by atoms with E-state index in [-0.39, 0.29) is 55.1 Å². The van der Waals surface area contributed by atoms with Crippen LogP contribution in [0.25, 0.3) is 0 Å². The van der Waals surface area contributed by atoms with Crippen molar-refractivity contribution < 1.29 is 34.1 Å². The lowest BCUT2D eigenvalue weighted by Crippen LogP contribution is -2.52. The molecule has 264 valence electrons. The second kappa shape index (κ2) is 18.3. The van der Waals surface area contributed by atoms with E-state index in [9.17, 15) is 29.4 Å². The van der Waals surface area contributed by atoms with E-state index in [1.165, 1.54) is 10.6 Å². The predicted molar refractivity (Wildman–Crippen MR) is 190 cm³/mol. The number of rotatable bonds is 17. The highest BCUT2D eigenvalue weighted by Gasteiger charge is 2.25. The number of nitrogens with two attached hydrogens (primary N) is 2. The van der Waals surface area contributed by atoms with Gasteiger partial charge in [-0.25, -0.2) is 4.79 Å². The Morgan fingerprint density at radius 1 is 0.880 bits per heavy atom. The third-order valence-corrected chi connectivity index (χ3v) is 8.71. The zero-order valence-electron chi connectivity index (χ0n) is 27.4. The van der Waals surface area contributed by atoms with Crippen molar-refractivity contribution in [1.82, 2.24) is 20.5 Å². The van der Waals surface area contributed by atoms with Crippen molar-refractivity contribution in [3.63, 3.8) is 0 Å². The molecule has 10 N–H and O–H groups in total. The highest BCUT2D eigenvalue weighted by molar-refractivity contribution is 7.99. The third kappa shape index (κ3) is 11.0. The number of para-hydroxylation sites is 1. The van der Waals surface area contributed by atoms with Crippen LogP contribution < -0.4 is 37.5 Å². The number of nitrogens with one attached hydrogen (secondary N) is 4. The van der Waals surface area contributed by atoms with Gasteiger partial charge in [0, 0.05) is 24.1 Å². The van der Waals surface area contributed by atoms with Crippen LogP contribution in [-0.2, 0) is 27.3 Å². The molecule has 4 amide bonds. The van der Waals surface area contributed by atoms with Gasteiger partial charge in [0.15, 0.2) is 5.88 Å². The van der Waals surface area contributed by atoms with Crippen molar-refractivity contribution in [2.24, 2.45) is 11.5 Å². The van der Waals surface area contributed by atoms with Crippen LogP contribution in [0.3, 0.4) is 0 Å². The molecular weight excluding hydrogens is 662 g/mol. The average molecular weight is 704 g/mol. The first kappa shape index (κ1) is 37.3. The van der Waals surface area contributed by atoms with Gasteiger partial charge in [-0.1, -0.05) is 60.7 Å². The maximum Gasteiger partial charge on any atom is 0.412 e. The summed E-state index contributed by atoms with van der Waals surface area (Å²) in [5.41, 5.74) is 13.9. The first-order chi connectivity index (χ1) is 24.0. The summed E-state index contributed by atoms with van der Waals surface area (Å²) in [7, 11) is 1.56. The van der Waals surface area contributed by atoms with E-state index < -0.39 is 36.0 Å². The molecule has 0 radical (unpaired) electrons. The van der Waals surface area contributed by atoms with E-state index in [2.05, 4.69) is 21.3 Å². The molecule has 4 aromatic rings. The Morgan fingerprint density at radius 2 is 1.54 bits per heavy atom. The number of aromatic hydroxyl groups is 2. The Labute approximate surface area is 293 Å². The molecule has 0 fully saturated rings. The van der Waals surface area contributed by atoms with Gasteiger partial charge in [0.05, 0.1) is 23.5 Å². The van der Waals surface area contributed by atoms with E-state index >= 15 is 0 Å². The maximum atomic E-state index is 13.0. The van der Waals surface area contributed by atoms with Crippen LogP contribution in [0.15, 0.2) is 95.9 Å². The molecule has 0 aliphatic rings. The fourth-order valence-electron chi connectivity index (χ4n) is 4.83. The number of hydrogen-bond donors (Lipinski definition) is 8. The number of benzene rings is 3. The van der Waals surface area contributed by atoms with Gasteiger partial charge in [0.1, 0.15) is 11.8 Å². The molecule has 3 unspecified atom stereocenters. The lowest BCUT2D eigenvalue weighted by Gasteiger charge is -2.20. The minimum atomic E-state index is -1.09. The number of likely N-dealkylation sites (N-methyl/N-ethyl adjacent to an activating group) is 1. The molecule has 0 spiro atoms. The smallest absolute Gasteiger partial charge is 0.412 e. The Kier molecular flexibility index (Phi) is 13.7. The Bertz CT molecular complexity index is 1740. The van der Waals surface area contributed by atoms with Gasteiger partial charge in [-0.15, -0.1) is 11.8 Å². The van der Waals surface area contributed by atoms with E-state index in [1.807, 2.05) is 48.5 Å². The number of nitrogens with zero attached hydrogens (tertiary/aromatic N) is 1. The molecule has 14 nitrogen and oxygen atoms in total. The SMILES string of the molecule is CNC(CCNC(=O)Oc1ccc(CC(N)C(=O)Nc2ccccc2)cc1)C(=O)NC(CSc1cc(O)n(Cc2ccccc2)c1O)C(N)=O. The molecule has 0 aliphatic heterocycles. The van der Waals surface area contributed by atoms with Crippen molar-refractivity contribution in [2.45, 2.75) is 42.4 Å². The Morgan fingerprint density at radius 3 is 2.18 bits per heavy atom. The number of ether oxygens (including phenoxy) is 1. The summed E-state index contributed by atoms with van der Waals surface area (Å²) in [6, 6.07) is 23.6. The topological polar surface area (TPSA) is 223 Å². The maximum absolute atomic E-state index is 13.0. The van der Waals surface area contributed by atoms with Gasteiger partial charge in [-0.2, -0.15) is 0 Å². The molecule has 1 aromatic heterocycles. The molecule has 0 aliphatic carbocycles. The van der Waals surface area contributed by atoms with Crippen molar-refractivity contribution >= 4 is 41.3 Å². The number of aromatic nitrogens is 1. The summed E-state index contributed by atoms with van der Waals surface area (Å²) >= 11 is 1.05. The van der Waals surface area contributed by atoms with Gasteiger partial charge in [-0.05, 0) is 55.3 Å². The molecule has 0 bridgehead atoms. The van der Waals surface area contributed by atoms with Gasteiger partial charge in [-0.3, -0.25) is 19.0 Å². The largest absolute Gasteiger partial charge is 0.494 e. The molecule has 15 heteroatoms. The number of carbonyl (C=O) groups excluding carboxylic acids is 4. The summed E-state index contributed by atoms with van der Waals surface area (Å²) in [6.07, 6.45) is -0.294. The van der Waals surface area contributed by atoms with Crippen LogP contribution in [0.4, 0.5) is 10.5 Å². The van der Waals surface area contributed by atoms with Crippen LogP contribution >= 0.6 is 11.8 Å². The minimum absolute atomic E-state index is 0.00392. The normalized spacial score (nSPS) is 12.7. The second-order valence-electron chi connectivity index (χ2n) is 11.3.